The highest BCUT2D eigenvalue weighted by molar-refractivity contribution is 7.18. The molecule has 0 atom stereocenters. The van der Waals surface area contributed by atoms with E-state index in [9.17, 15) is 4.79 Å². The molecule has 0 bridgehead atoms. The smallest absolute Gasteiger partial charge is 0.282 e. The SMILES string of the molecule is Cc1nnc2sc(C(=O)NCCN3CCOCC3)nn12. The lowest BCUT2D eigenvalue weighted by Crippen LogP contribution is -2.41. The molecule has 0 aliphatic carbocycles. The molecule has 2 aromatic rings. The monoisotopic (exact) mass is 296 g/mol. The van der Waals surface area contributed by atoms with Gasteiger partial charge in [-0.1, -0.05) is 11.3 Å². The average molecular weight is 296 g/mol. The third-order valence-corrected chi connectivity index (χ3v) is 4.06. The van der Waals surface area contributed by atoms with Gasteiger partial charge in [-0.3, -0.25) is 9.69 Å². The van der Waals surface area contributed by atoms with Crippen molar-refractivity contribution in [3.8, 4) is 0 Å². The lowest BCUT2D eigenvalue weighted by Gasteiger charge is -2.26. The molecule has 1 aliphatic rings. The average Bonchev–Trinajstić information content (AvgIpc) is 3.03. The predicted octanol–water partition coefficient (Wildman–Crippen LogP) is -0.444. The Balaban J connectivity index is 1.53. The molecule has 8 nitrogen and oxygen atoms in total. The second-order valence-corrected chi connectivity index (χ2v) is 5.51. The normalized spacial score (nSPS) is 16.6. The van der Waals surface area contributed by atoms with Gasteiger partial charge in [-0.05, 0) is 6.92 Å². The van der Waals surface area contributed by atoms with Crippen LogP contribution in [0.2, 0.25) is 0 Å². The molecule has 9 heteroatoms. The second kappa shape index (κ2) is 5.81. The summed E-state index contributed by atoms with van der Waals surface area (Å²) >= 11 is 1.24. The number of carbonyl (C=O) groups excluding carboxylic acids is 1. The highest BCUT2D eigenvalue weighted by atomic mass is 32.1. The Labute approximate surface area is 119 Å². The topological polar surface area (TPSA) is 84.7 Å². The van der Waals surface area contributed by atoms with Crippen LogP contribution in [0, 0.1) is 6.92 Å². The van der Waals surface area contributed by atoms with Crippen molar-refractivity contribution < 1.29 is 9.53 Å². The number of aromatic nitrogens is 4. The van der Waals surface area contributed by atoms with E-state index in [4.69, 9.17) is 4.74 Å². The Morgan fingerprint density at radius 1 is 1.40 bits per heavy atom. The van der Waals surface area contributed by atoms with Gasteiger partial charge in [0.1, 0.15) is 0 Å². The van der Waals surface area contributed by atoms with Crippen molar-refractivity contribution >= 4 is 22.2 Å². The molecule has 108 valence electrons. The molecular weight excluding hydrogens is 280 g/mol. The van der Waals surface area contributed by atoms with Gasteiger partial charge in [-0.2, -0.15) is 4.52 Å². The standard InChI is InChI=1S/C11H16N6O2S/c1-8-13-14-11-17(8)15-10(20-11)9(18)12-2-3-16-4-6-19-7-5-16/h2-7H2,1H3,(H,12,18). The molecule has 0 spiro atoms. The minimum atomic E-state index is -0.159. The molecule has 0 saturated carbocycles. The fourth-order valence-corrected chi connectivity index (χ4v) is 2.84. The van der Waals surface area contributed by atoms with Gasteiger partial charge in [0.2, 0.25) is 9.97 Å². The number of fused-ring (bicyclic) bond motifs is 1. The van der Waals surface area contributed by atoms with Crippen LogP contribution in [0.4, 0.5) is 0 Å². The fourth-order valence-electron chi connectivity index (χ4n) is 2.03. The first-order valence-corrected chi connectivity index (χ1v) is 7.33. The number of amides is 1. The van der Waals surface area contributed by atoms with Crippen LogP contribution in [0.1, 0.15) is 15.6 Å². The number of hydrogen-bond acceptors (Lipinski definition) is 7. The molecule has 1 fully saturated rings. The van der Waals surface area contributed by atoms with Crippen LogP contribution in [0.3, 0.4) is 0 Å². The summed E-state index contributed by atoms with van der Waals surface area (Å²) in [5.74, 6) is 0.525. The molecule has 20 heavy (non-hydrogen) atoms. The molecule has 1 N–H and O–H groups in total. The highest BCUT2D eigenvalue weighted by Crippen LogP contribution is 2.13. The fraction of sp³-hybridized carbons (Fsp3) is 0.636. The summed E-state index contributed by atoms with van der Waals surface area (Å²) in [6.07, 6.45) is 0. The summed E-state index contributed by atoms with van der Waals surface area (Å²) in [5, 5.41) is 15.3. The first-order chi connectivity index (χ1) is 9.74. The molecule has 3 rings (SSSR count). The van der Waals surface area contributed by atoms with Gasteiger partial charge >= 0.3 is 0 Å². The lowest BCUT2D eigenvalue weighted by molar-refractivity contribution is 0.0383. The number of nitrogens with zero attached hydrogens (tertiary/aromatic N) is 5. The second-order valence-electron chi connectivity index (χ2n) is 4.56. The zero-order chi connectivity index (χ0) is 13.9. The minimum Gasteiger partial charge on any atom is -0.379 e. The van der Waals surface area contributed by atoms with Crippen LogP contribution in [-0.4, -0.2) is 70.0 Å². The zero-order valence-electron chi connectivity index (χ0n) is 11.2. The molecule has 0 radical (unpaired) electrons. The molecule has 1 saturated heterocycles. The van der Waals surface area contributed by atoms with Crippen molar-refractivity contribution in [2.75, 3.05) is 39.4 Å². The van der Waals surface area contributed by atoms with Gasteiger partial charge in [0.05, 0.1) is 13.2 Å². The minimum absolute atomic E-state index is 0.159. The first kappa shape index (κ1) is 13.4. The third kappa shape index (κ3) is 2.79. The van der Waals surface area contributed by atoms with E-state index >= 15 is 0 Å². The quantitative estimate of drug-likeness (QED) is 0.823. The number of morpholine rings is 1. The molecule has 0 aromatic carbocycles. The number of nitrogens with one attached hydrogen (secondary N) is 1. The molecular formula is C11H16N6O2S. The number of carbonyl (C=O) groups is 1. The van der Waals surface area contributed by atoms with Crippen molar-refractivity contribution in [1.29, 1.82) is 0 Å². The van der Waals surface area contributed by atoms with Crippen LogP contribution in [0.25, 0.3) is 4.96 Å². The van der Waals surface area contributed by atoms with E-state index in [2.05, 4.69) is 25.5 Å². The Morgan fingerprint density at radius 3 is 2.95 bits per heavy atom. The van der Waals surface area contributed by atoms with Gasteiger partial charge in [0.15, 0.2) is 5.82 Å². The van der Waals surface area contributed by atoms with E-state index in [1.54, 1.807) is 11.4 Å². The maximum absolute atomic E-state index is 12.0. The number of rotatable bonds is 4. The Kier molecular flexibility index (Phi) is 3.90. The van der Waals surface area contributed by atoms with E-state index in [-0.39, 0.29) is 5.91 Å². The summed E-state index contributed by atoms with van der Waals surface area (Å²) < 4.78 is 6.86. The maximum atomic E-state index is 12.0. The van der Waals surface area contributed by atoms with E-state index in [1.165, 1.54) is 11.3 Å². The molecule has 0 unspecified atom stereocenters. The van der Waals surface area contributed by atoms with Crippen molar-refractivity contribution in [2.45, 2.75) is 6.92 Å². The van der Waals surface area contributed by atoms with Crippen molar-refractivity contribution in [3.63, 3.8) is 0 Å². The molecule has 1 amide bonds. The molecule has 3 heterocycles. The van der Waals surface area contributed by atoms with E-state index in [0.717, 1.165) is 32.8 Å². The summed E-state index contributed by atoms with van der Waals surface area (Å²) in [4.78, 5) is 14.9. The third-order valence-electron chi connectivity index (χ3n) is 3.16. The summed E-state index contributed by atoms with van der Waals surface area (Å²) in [6.45, 7) is 6.63. The zero-order valence-corrected chi connectivity index (χ0v) is 12.0. The largest absolute Gasteiger partial charge is 0.379 e. The highest BCUT2D eigenvalue weighted by Gasteiger charge is 2.16. The summed E-state index contributed by atoms with van der Waals surface area (Å²) in [7, 11) is 0. The van der Waals surface area contributed by atoms with E-state index < -0.39 is 0 Å². The summed E-state index contributed by atoms with van der Waals surface area (Å²) in [5.41, 5.74) is 0. The van der Waals surface area contributed by atoms with Gasteiger partial charge in [-0.25, -0.2) is 0 Å². The molecule has 2 aromatic heterocycles. The van der Waals surface area contributed by atoms with E-state index in [1.807, 2.05) is 0 Å². The molecule has 1 aliphatic heterocycles. The van der Waals surface area contributed by atoms with Gasteiger partial charge in [0.25, 0.3) is 5.91 Å². The van der Waals surface area contributed by atoms with Gasteiger partial charge in [0, 0.05) is 26.2 Å². The Hall–Kier alpha value is -1.58. The number of aryl methyl sites for hydroxylation is 1. The van der Waals surface area contributed by atoms with Crippen LogP contribution in [0.15, 0.2) is 0 Å². The van der Waals surface area contributed by atoms with Gasteiger partial charge in [-0.15, -0.1) is 15.3 Å². The van der Waals surface area contributed by atoms with Crippen LogP contribution in [-0.2, 0) is 4.74 Å². The van der Waals surface area contributed by atoms with Crippen molar-refractivity contribution in [1.82, 2.24) is 30.0 Å². The Morgan fingerprint density at radius 2 is 2.20 bits per heavy atom. The number of ether oxygens (including phenoxy) is 1. The Bertz CT molecular complexity index is 603. The number of hydrogen-bond donors (Lipinski definition) is 1. The maximum Gasteiger partial charge on any atom is 0.282 e. The predicted molar refractivity (Wildman–Crippen MR) is 73.0 cm³/mol. The van der Waals surface area contributed by atoms with Crippen LogP contribution in [0.5, 0.6) is 0 Å². The summed E-state index contributed by atoms with van der Waals surface area (Å²) in [6, 6.07) is 0. The van der Waals surface area contributed by atoms with Crippen molar-refractivity contribution in [3.05, 3.63) is 10.8 Å². The van der Waals surface area contributed by atoms with E-state index in [0.29, 0.717) is 22.3 Å². The lowest BCUT2D eigenvalue weighted by atomic mass is 10.4. The first-order valence-electron chi connectivity index (χ1n) is 6.51. The van der Waals surface area contributed by atoms with Crippen LogP contribution < -0.4 is 5.32 Å². The van der Waals surface area contributed by atoms with Gasteiger partial charge < -0.3 is 10.1 Å². The van der Waals surface area contributed by atoms with Crippen LogP contribution >= 0.6 is 11.3 Å². The van der Waals surface area contributed by atoms with Crippen molar-refractivity contribution in [2.24, 2.45) is 0 Å².